The van der Waals surface area contributed by atoms with Crippen LogP contribution in [0.5, 0.6) is 0 Å². The SMILES string of the molecule is CS(=O)(=O)c1ccc(-n2cc(I)c(Cl)n2)cc1. The van der Waals surface area contributed by atoms with Crippen molar-refractivity contribution in [3.05, 3.63) is 39.2 Å². The van der Waals surface area contributed by atoms with E-state index in [1.807, 2.05) is 0 Å². The van der Waals surface area contributed by atoms with Crippen molar-refractivity contribution in [3.8, 4) is 5.69 Å². The summed E-state index contributed by atoms with van der Waals surface area (Å²) < 4.78 is 25.0. The Labute approximate surface area is 118 Å². The molecule has 2 aromatic rings. The summed E-state index contributed by atoms with van der Waals surface area (Å²) in [6, 6.07) is 6.48. The fourth-order valence-electron chi connectivity index (χ4n) is 1.31. The highest BCUT2D eigenvalue weighted by atomic mass is 127. The summed E-state index contributed by atoms with van der Waals surface area (Å²) in [5, 5.41) is 4.53. The standard InChI is InChI=1S/C10H8ClIN2O2S/c1-17(15,16)8-4-2-7(3-5-8)14-6-9(12)10(11)13-14/h2-6H,1H3. The molecule has 4 nitrogen and oxygen atoms in total. The molecule has 0 saturated carbocycles. The molecule has 90 valence electrons. The minimum absolute atomic E-state index is 0.286. The van der Waals surface area contributed by atoms with E-state index in [9.17, 15) is 8.42 Å². The molecule has 0 spiro atoms. The van der Waals surface area contributed by atoms with Crippen LogP contribution in [-0.4, -0.2) is 24.5 Å². The van der Waals surface area contributed by atoms with E-state index in [1.165, 1.54) is 6.26 Å². The van der Waals surface area contributed by atoms with Gasteiger partial charge in [0.2, 0.25) is 0 Å². The summed E-state index contributed by atoms with van der Waals surface area (Å²) in [7, 11) is -3.16. The van der Waals surface area contributed by atoms with E-state index < -0.39 is 9.84 Å². The lowest BCUT2D eigenvalue weighted by Gasteiger charge is -2.02. The van der Waals surface area contributed by atoms with Crippen LogP contribution in [0.4, 0.5) is 0 Å². The molecular formula is C10H8ClIN2O2S. The van der Waals surface area contributed by atoms with E-state index in [2.05, 4.69) is 27.7 Å². The highest BCUT2D eigenvalue weighted by Gasteiger charge is 2.08. The highest BCUT2D eigenvalue weighted by molar-refractivity contribution is 14.1. The summed E-state index contributed by atoms with van der Waals surface area (Å²) in [5.41, 5.74) is 0.766. The summed E-state index contributed by atoms with van der Waals surface area (Å²) >= 11 is 7.93. The summed E-state index contributed by atoms with van der Waals surface area (Å²) in [4.78, 5) is 0.286. The third-order valence-electron chi connectivity index (χ3n) is 2.16. The molecule has 1 heterocycles. The van der Waals surface area contributed by atoms with Gasteiger partial charge in [-0.1, -0.05) is 11.6 Å². The van der Waals surface area contributed by atoms with Crippen LogP contribution in [0, 0.1) is 3.57 Å². The number of rotatable bonds is 2. The predicted octanol–water partition coefficient (Wildman–Crippen LogP) is 2.53. The van der Waals surface area contributed by atoms with Crippen molar-refractivity contribution >= 4 is 44.0 Å². The Balaban J connectivity index is 2.42. The average molecular weight is 383 g/mol. The van der Waals surface area contributed by atoms with Crippen molar-refractivity contribution in [1.29, 1.82) is 0 Å². The topological polar surface area (TPSA) is 52.0 Å². The van der Waals surface area contributed by atoms with Gasteiger partial charge >= 0.3 is 0 Å². The lowest BCUT2D eigenvalue weighted by molar-refractivity contribution is 0.602. The molecule has 0 radical (unpaired) electrons. The van der Waals surface area contributed by atoms with Crippen LogP contribution in [0.3, 0.4) is 0 Å². The van der Waals surface area contributed by atoms with Gasteiger partial charge in [-0.05, 0) is 46.9 Å². The van der Waals surface area contributed by atoms with E-state index >= 15 is 0 Å². The first-order valence-corrected chi connectivity index (χ1v) is 7.94. The van der Waals surface area contributed by atoms with Crippen molar-refractivity contribution in [2.24, 2.45) is 0 Å². The second-order valence-corrected chi connectivity index (χ2v) is 7.01. The van der Waals surface area contributed by atoms with Crippen molar-refractivity contribution in [2.75, 3.05) is 6.26 Å². The largest absolute Gasteiger partial charge is 0.238 e. The van der Waals surface area contributed by atoms with Crippen LogP contribution < -0.4 is 0 Å². The average Bonchev–Trinajstić information content (AvgIpc) is 2.58. The van der Waals surface area contributed by atoms with Gasteiger partial charge in [0.25, 0.3) is 0 Å². The Hall–Kier alpha value is -0.600. The van der Waals surface area contributed by atoms with Gasteiger partial charge < -0.3 is 0 Å². The zero-order valence-corrected chi connectivity index (χ0v) is 12.5. The molecule has 1 aromatic heterocycles. The van der Waals surface area contributed by atoms with Gasteiger partial charge in [0.05, 0.1) is 14.2 Å². The van der Waals surface area contributed by atoms with Crippen molar-refractivity contribution < 1.29 is 8.42 Å². The number of benzene rings is 1. The molecule has 2 rings (SSSR count). The third kappa shape index (κ3) is 2.80. The van der Waals surface area contributed by atoms with Crippen molar-refractivity contribution in [2.45, 2.75) is 4.90 Å². The Morgan fingerprint density at radius 1 is 1.29 bits per heavy atom. The van der Waals surface area contributed by atoms with E-state index in [4.69, 9.17) is 11.6 Å². The maximum Gasteiger partial charge on any atom is 0.175 e. The monoisotopic (exact) mass is 382 g/mol. The number of hydrogen-bond acceptors (Lipinski definition) is 3. The van der Waals surface area contributed by atoms with Gasteiger partial charge in [-0.15, -0.1) is 0 Å². The fourth-order valence-corrected chi connectivity index (χ4v) is 2.44. The maximum absolute atomic E-state index is 11.3. The number of nitrogens with zero attached hydrogens (tertiary/aromatic N) is 2. The lowest BCUT2D eigenvalue weighted by Crippen LogP contribution is -1.99. The molecule has 0 unspecified atom stereocenters. The fraction of sp³-hybridized carbons (Fsp3) is 0.100. The molecule has 0 aliphatic carbocycles. The Morgan fingerprint density at radius 3 is 2.29 bits per heavy atom. The second-order valence-electron chi connectivity index (χ2n) is 3.48. The van der Waals surface area contributed by atoms with Crippen LogP contribution in [0.2, 0.25) is 5.15 Å². The van der Waals surface area contributed by atoms with Crippen LogP contribution in [-0.2, 0) is 9.84 Å². The van der Waals surface area contributed by atoms with Crippen LogP contribution in [0.25, 0.3) is 5.69 Å². The maximum atomic E-state index is 11.3. The smallest absolute Gasteiger partial charge is 0.175 e. The van der Waals surface area contributed by atoms with Crippen LogP contribution in [0.1, 0.15) is 0 Å². The van der Waals surface area contributed by atoms with Crippen LogP contribution in [0.15, 0.2) is 35.4 Å². The first-order valence-electron chi connectivity index (χ1n) is 4.59. The molecular weight excluding hydrogens is 375 g/mol. The molecule has 0 bridgehead atoms. The Morgan fingerprint density at radius 2 is 1.88 bits per heavy atom. The van der Waals surface area contributed by atoms with Gasteiger partial charge in [0, 0.05) is 12.5 Å². The number of sulfone groups is 1. The molecule has 0 amide bonds. The highest BCUT2D eigenvalue weighted by Crippen LogP contribution is 2.19. The second kappa shape index (κ2) is 4.58. The van der Waals surface area contributed by atoms with Crippen LogP contribution >= 0.6 is 34.2 Å². The summed E-state index contributed by atoms with van der Waals surface area (Å²) in [5.74, 6) is 0. The molecule has 0 atom stereocenters. The van der Waals surface area contributed by atoms with E-state index in [0.717, 1.165) is 9.26 Å². The van der Waals surface area contributed by atoms with E-state index in [-0.39, 0.29) is 4.90 Å². The lowest BCUT2D eigenvalue weighted by atomic mass is 10.3. The minimum Gasteiger partial charge on any atom is -0.238 e. The molecule has 0 aliphatic rings. The molecule has 0 saturated heterocycles. The van der Waals surface area contributed by atoms with Gasteiger partial charge in [-0.3, -0.25) is 0 Å². The van der Waals surface area contributed by atoms with Gasteiger partial charge in [-0.25, -0.2) is 13.1 Å². The normalized spacial score (nSPS) is 11.7. The van der Waals surface area contributed by atoms with E-state index in [1.54, 1.807) is 35.1 Å². The number of halogens is 2. The van der Waals surface area contributed by atoms with Gasteiger partial charge in [-0.2, -0.15) is 5.10 Å². The first-order chi connectivity index (χ1) is 7.88. The molecule has 0 aliphatic heterocycles. The van der Waals surface area contributed by atoms with Crippen molar-refractivity contribution in [1.82, 2.24) is 9.78 Å². The first kappa shape index (κ1) is 12.8. The number of hydrogen-bond donors (Lipinski definition) is 0. The zero-order valence-electron chi connectivity index (χ0n) is 8.76. The number of aromatic nitrogens is 2. The third-order valence-corrected chi connectivity index (χ3v) is 4.67. The zero-order chi connectivity index (χ0) is 12.6. The Kier molecular flexibility index (Phi) is 3.46. The van der Waals surface area contributed by atoms with E-state index in [0.29, 0.717) is 5.15 Å². The minimum atomic E-state index is -3.16. The van der Waals surface area contributed by atoms with Gasteiger partial charge in [0.1, 0.15) is 0 Å². The molecule has 1 aromatic carbocycles. The van der Waals surface area contributed by atoms with Crippen molar-refractivity contribution in [3.63, 3.8) is 0 Å². The molecule has 7 heteroatoms. The summed E-state index contributed by atoms with van der Waals surface area (Å²) in [6.45, 7) is 0. The predicted molar refractivity (Wildman–Crippen MR) is 74.4 cm³/mol. The summed E-state index contributed by atoms with van der Waals surface area (Å²) in [6.07, 6.45) is 2.95. The molecule has 0 fully saturated rings. The quantitative estimate of drug-likeness (QED) is 0.750. The molecule has 0 N–H and O–H groups in total. The Bertz CT molecular complexity index is 630. The van der Waals surface area contributed by atoms with Gasteiger partial charge in [0.15, 0.2) is 15.0 Å². The molecule has 17 heavy (non-hydrogen) atoms.